The summed E-state index contributed by atoms with van der Waals surface area (Å²) < 4.78 is 13.2. The third-order valence-electron chi connectivity index (χ3n) is 2.05. The molecule has 82 valence electrons. The molecule has 0 aliphatic rings. The van der Waals surface area contributed by atoms with E-state index in [2.05, 4.69) is 17.6 Å². The molecule has 0 saturated heterocycles. The number of rotatable bonds is 3. The molecule has 1 rings (SSSR count). The molecule has 2 N–H and O–H groups in total. The smallest absolute Gasteiger partial charge is 0.170 e. The van der Waals surface area contributed by atoms with Gasteiger partial charge in [-0.05, 0) is 37.7 Å². The van der Waals surface area contributed by atoms with Gasteiger partial charge < -0.3 is 10.6 Å². The van der Waals surface area contributed by atoms with Gasteiger partial charge in [0, 0.05) is 17.8 Å². The van der Waals surface area contributed by atoms with E-state index >= 15 is 0 Å². The van der Waals surface area contributed by atoms with Crippen molar-refractivity contribution in [1.29, 1.82) is 0 Å². The first-order valence-corrected chi connectivity index (χ1v) is 5.36. The third kappa shape index (κ3) is 3.47. The molecule has 0 atom stereocenters. The van der Waals surface area contributed by atoms with Crippen LogP contribution in [0.1, 0.15) is 18.9 Å². The minimum atomic E-state index is -0.224. The predicted molar refractivity (Wildman–Crippen MR) is 65.7 cm³/mol. The molecule has 4 heteroatoms. The Morgan fingerprint density at radius 3 is 2.87 bits per heavy atom. The Morgan fingerprint density at radius 1 is 1.47 bits per heavy atom. The maximum atomic E-state index is 13.2. The Morgan fingerprint density at radius 2 is 2.20 bits per heavy atom. The molecule has 0 heterocycles. The fraction of sp³-hybridized carbons (Fsp3) is 0.364. The van der Waals surface area contributed by atoms with Crippen molar-refractivity contribution in [1.82, 2.24) is 5.32 Å². The van der Waals surface area contributed by atoms with Crippen LogP contribution >= 0.6 is 12.2 Å². The van der Waals surface area contributed by atoms with Crippen molar-refractivity contribution in [2.24, 2.45) is 0 Å². The van der Waals surface area contributed by atoms with Crippen molar-refractivity contribution in [3.8, 4) is 0 Å². The summed E-state index contributed by atoms with van der Waals surface area (Å²) in [7, 11) is 0. The van der Waals surface area contributed by atoms with Crippen molar-refractivity contribution in [3.05, 3.63) is 29.6 Å². The minimum Gasteiger partial charge on any atom is -0.362 e. The Bertz CT molecular complexity index is 352. The summed E-state index contributed by atoms with van der Waals surface area (Å²) in [6.45, 7) is 4.60. The molecule has 2 nitrogen and oxygen atoms in total. The Hall–Kier alpha value is -1.16. The normalized spacial score (nSPS) is 9.80. The van der Waals surface area contributed by atoms with E-state index in [1.165, 1.54) is 6.07 Å². The Labute approximate surface area is 94.9 Å². The number of hydrogen-bond donors (Lipinski definition) is 2. The van der Waals surface area contributed by atoms with Crippen LogP contribution in [0.3, 0.4) is 0 Å². The summed E-state index contributed by atoms with van der Waals surface area (Å²) >= 11 is 5.06. The van der Waals surface area contributed by atoms with Gasteiger partial charge in [0.1, 0.15) is 5.82 Å². The van der Waals surface area contributed by atoms with Gasteiger partial charge in [-0.15, -0.1) is 0 Å². The van der Waals surface area contributed by atoms with Crippen molar-refractivity contribution in [3.63, 3.8) is 0 Å². The topological polar surface area (TPSA) is 24.1 Å². The van der Waals surface area contributed by atoms with E-state index in [4.69, 9.17) is 12.2 Å². The van der Waals surface area contributed by atoms with Gasteiger partial charge in [-0.1, -0.05) is 13.0 Å². The fourth-order valence-corrected chi connectivity index (χ4v) is 1.36. The molecule has 1 aromatic carbocycles. The van der Waals surface area contributed by atoms with Gasteiger partial charge in [0.25, 0.3) is 0 Å². The molecule has 0 amide bonds. The highest BCUT2D eigenvalue weighted by molar-refractivity contribution is 7.80. The quantitative estimate of drug-likeness (QED) is 0.775. The lowest BCUT2D eigenvalue weighted by Gasteiger charge is -2.11. The predicted octanol–water partition coefficient (Wildman–Crippen LogP) is 2.83. The van der Waals surface area contributed by atoms with E-state index in [0.717, 1.165) is 13.0 Å². The van der Waals surface area contributed by atoms with E-state index < -0.39 is 0 Å². The second kappa shape index (κ2) is 5.66. The van der Waals surface area contributed by atoms with Crippen LogP contribution in [0.25, 0.3) is 0 Å². The molecule has 0 spiro atoms. The van der Waals surface area contributed by atoms with Gasteiger partial charge in [0.15, 0.2) is 5.11 Å². The van der Waals surface area contributed by atoms with Crippen LogP contribution in [-0.4, -0.2) is 11.7 Å². The monoisotopic (exact) mass is 226 g/mol. The number of benzene rings is 1. The molecule has 0 aliphatic carbocycles. The molecule has 15 heavy (non-hydrogen) atoms. The van der Waals surface area contributed by atoms with Gasteiger partial charge in [0.2, 0.25) is 0 Å². The van der Waals surface area contributed by atoms with E-state index in [1.807, 2.05) is 0 Å². The first-order valence-electron chi connectivity index (χ1n) is 4.95. The van der Waals surface area contributed by atoms with E-state index in [9.17, 15) is 4.39 Å². The zero-order valence-electron chi connectivity index (χ0n) is 8.93. The summed E-state index contributed by atoms with van der Waals surface area (Å²) in [5.74, 6) is -0.224. The maximum absolute atomic E-state index is 13.2. The van der Waals surface area contributed by atoms with Crippen LogP contribution < -0.4 is 10.6 Å². The molecule has 0 unspecified atom stereocenters. The highest BCUT2D eigenvalue weighted by atomic mass is 32.1. The van der Waals surface area contributed by atoms with Gasteiger partial charge in [-0.3, -0.25) is 0 Å². The zero-order valence-corrected chi connectivity index (χ0v) is 9.75. The summed E-state index contributed by atoms with van der Waals surface area (Å²) in [6, 6.07) is 4.90. The van der Waals surface area contributed by atoms with Crippen molar-refractivity contribution >= 4 is 23.0 Å². The zero-order chi connectivity index (χ0) is 11.3. The summed E-state index contributed by atoms with van der Waals surface area (Å²) in [5.41, 5.74) is 1.29. The van der Waals surface area contributed by atoms with Crippen LogP contribution in [0.15, 0.2) is 18.2 Å². The summed E-state index contributed by atoms with van der Waals surface area (Å²) in [5, 5.41) is 6.52. The standard InChI is InChI=1S/C11H15FN2S/c1-3-7-13-11(15)14-10-6-4-5-9(12)8(10)2/h4-6H,3,7H2,1-2H3,(H2,13,14,15). The second-order valence-electron chi connectivity index (χ2n) is 3.29. The lowest BCUT2D eigenvalue weighted by atomic mass is 10.2. The number of halogens is 1. The third-order valence-corrected chi connectivity index (χ3v) is 2.30. The first kappa shape index (κ1) is 11.9. The van der Waals surface area contributed by atoms with E-state index in [1.54, 1.807) is 19.1 Å². The average molecular weight is 226 g/mol. The van der Waals surface area contributed by atoms with Crippen LogP contribution in [0.4, 0.5) is 10.1 Å². The van der Waals surface area contributed by atoms with Crippen molar-refractivity contribution in [2.75, 3.05) is 11.9 Å². The molecule has 1 aromatic rings. The SMILES string of the molecule is CCCNC(=S)Nc1cccc(F)c1C. The van der Waals surface area contributed by atoms with E-state index in [0.29, 0.717) is 16.4 Å². The molecule has 0 fully saturated rings. The van der Waals surface area contributed by atoms with Crippen molar-refractivity contribution in [2.45, 2.75) is 20.3 Å². The molecule has 0 aromatic heterocycles. The molecule has 0 radical (unpaired) electrons. The van der Waals surface area contributed by atoms with Gasteiger partial charge in [-0.2, -0.15) is 0 Å². The fourth-order valence-electron chi connectivity index (χ4n) is 1.15. The lowest BCUT2D eigenvalue weighted by Crippen LogP contribution is -2.29. The average Bonchev–Trinajstić information content (AvgIpc) is 2.22. The number of nitrogens with one attached hydrogen (secondary N) is 2. The number of anilines is 1. The molecule has 0 bridgehead atoms. The molecule has 0 aliphatic heterocycles. The van der Waals surface area contributed by atoms with Gasteiger partial charge >= 0.3 is 0 Å². The maximum Gasteiger partial charge on any atom is 0.170 e. The molecular formula is C11H15FN2S. The van der Waals surface area contributed by atoms with E-state index in [-0.39, 0.29) is 5.82 Å². The second-order valence-corrected chi connectivity index (χ2v) is 3.70. The van der Waals surface area contributed by atoms with Crippen LogP contribution in [0, 0.1) is 12.7 Å². The minimum absolute atomic E-state index is 0.224. The van der Waals surface area contributed by atoms with Crippen LogP contribution in [0.5, 0.6) is 0 Å². The number of hydrogen-bond acceptors (Lipinski definition) is 1. The first-order chi connectivity index (χ1) is 7.15. The summed E-state index contributed by atoms with van der Waals surface area (Å²) in [4.78, 5) is 0. The molecular weight excluding hydrogens is 211 g/mol. The Balaban J connectivity index is 2.64. The largest absolute Gasteiger partial charge is 0.362 e. The highest BCUT2D eigenvalue weighted by Crippen LogP contribution is 2.16. The van der Waals surface area contributed by atoms with Crippen molar-refractivity contribution < 1.29 is 4.39 Å². The van der Waals surface area contributed by atoms with Crippen LogP contribution in [0.2, 0.25) is 0 Å². The van der Waals surface area contributed by atoms with Crippen LogP contribution in [-0.2, 0) is 0 Å². The van der Waals surface area contributed by atoms with Gasteiger partial charge in [-0.25, -0.2) is 4.39 Å². The Kier molecular flexibility index (Phi) is 4.49. The summed E-state index contributed by atoms with van der Waals surface area (Å²) in [6.07, 6.45) is 1.00. The van der Waals surface area contributed by atoms with Gasteiger partial charge in [0.05, 0.1) is 0 Å². The lowest BCUT2D eigenvalue weighted by molar-refractivity contribution is 0.619. The highest BCUT2D eigenvalue weighted by Gasteiger charge is 2.03. The number of thiocarbonyl (C=S) groups is 1. The molecule has 0 saturated carbocycles.